The van der Waals surface area contributed by atoms with Crippen LogP contribution >= 0.6 is 11.3 Å². The van der Waals surface area contributed by atoms with Gasteiger partial charge in [0, 0.05) is 11.1 Å². The third-order valence-electron chi connectivity index (χ3n) is 3.84. The third-order valence-corrected chi connectivity index (χ3v) is 4.67. The molecule has 4 rings (SSSR count). The van der Waals surface area contributed by atoms with E-state index < -0.39 is 0 Å². The lowest BCUT2D eigenvalue weighted by Gasteiger charge is -2.09. The van der Waals surface area contributed by atoms with E-state index in [9.17, 15) is 4.39 Å². The number of hydrogen-bond donors (Lipinski definition) is 0. The van der Waals surface area contributed by atoms with Gasteiger partial charge in [0.2, 0.25) is 0 Å². The van der Waals surface area contributed by atoms with Gasteiger partial charge in [0.25, 0.3) is 0 Å². The van der Waals surface area contributed by atoms with Crippen LogP contribution in [0.15, 0.2) is 95.3 Å². The Morgan fingerprint density at radius 1 is 0.760 bits per heavy atom. The lowest BCUT2D eigenvalue weighted by atomic mass is 10.1. The average Bonchev–Trinajstić information content (AvgIpc) is 3.07. The number of hydrogen-bond acceptors (Lipinski definition) is 2. The van der Waals surface area contributed by atoms with Gasteiger partial charge in [-0.3, -0.25) is 4.57 Å². The Morgan fingerprint density at radius 2 is 1.40 bits per heavy atom. The number of nitrogens with zero attached hydrogens (tertiary/aromatic N) is 2. The Balaban J connectivity index is 1.94. The van der Waals surface area contributed by atoms with E-state index in [2.05, 4.69) is 9.95 Å². The second-order valence-corrected chi connectivity index (χ2v) is 6.37. The molecule has 0 N–H and O–H groups in total. The van der Waals surface area contributed by atoms with Crippen LogP contribution in [-0.2, 0) is 0 Å². The third kappa shape index (κ3) is 3.30. The molecule has 4 heteroatoms. The number of benzene rings is 3. The van der Waals surface area contributed by atoms with Crippen molar-refractivity contribution in [1.29, 1.82) is 0 Å². The minimum Gasteiger partial charge on any atom is -0.285 e. The van der Waals surface area contributed by atoms with Crippen LogP contribution in [0.1, 0.15) is 0 Å². The van der Waals surface area contributed by atoms with E-state index in [1.54, 1.807) is 23.5 Å². The van der Waals surface area contributed by atoms with Gasteiger partial charge in [-0.05, 0) is 54.1 Å². The zero-order valence-electron chi connectivity index (χ0n) is 13.3. The van der Waals surface area contributed by atoms with Crippen molar-refractivity contribution in [3.63, 3.8) is 0 Å². The first-order valence-corrected chi connectivity index (χ1v) is 8.81. The van der Waals surface area contributed by atoms with Crippen molar-refractivity contribution in [1.82, 2.24) is 4.57 Å². The molecule has 0 atom stereocenters. The summed E-state index contributed by atoms with van der Waals surface area (Å²) < 4.78 is 15.4. The predicted molar refractivity (Wildman–Crippen MR) is 101 cm³/mol. The summed E-state index contributed by atoms with van der Waals surface area (Å²) in [5, 5.41) is 2.06. The van der Waals surface area contributed by atoms with Gasteiger partial charge >= 0.3 is 0 Å². The van der Waals surface area contributed by atoms with Gasteiger partial charge in [-0.1, -0.05) is 36.4 Å². The molecular weight excluding hydrogens is 331 g/mol. The molecule has 0 unspecified atom stereocenters. The maximum atomic E-state index is 13.3. The number of halogens is 1. The standard InChI is InChI=1S/C21H15FN2S/c22-17-13-11-16(12-14-17)20-15-25-21(23-18-7-3-1-4-8-18)24(20)19-9-5-2-6-10-19/h1-15H. The van der Waals surface area contributed by atoms with E-state index in [-0.39, 0.29) is 5.82 Å². The Morgan fingerprint density at radius 3 is 2.08 bits per heavy atom. The monoisotopic (exact) mass is 346 g/mol. The Labute approximate surface area is 149 Å². The topological polar surface area (TPSA) is 17.3 Å². The summed E-state index contributed by atoms with van der Waals surface area (Å²) in [7, 11) is 0. The zero-order valence-corrected chi connectivity index (χ0v) is 14.2. The maximum absolute atomic E-state index is 13.3. The van der Waals surface area contributed by atoms with Gasteiger partial charge < -0.3 is 0 Å². The summed E-state index contributed by atoms with van der Waals surface area (Å²) in [5.74, 6) is -0.237. The van der Waals surface area contributed by atoms with E-state index in [1.807, 2.05) is 60.7 Å². The van der Waals surface area contributed by atoms with Crippen molar-refractivity contribution in [2.75, 3.05) is 0 Å². The Hall–Kier alpha value is -2.98. The minimum atomic E-state index is -0.237. The van der Waals surface area contributed by atoms with Crippen molar-refractivity contribution in [3.8, 4) is 16.9 Å². The summed E-state index contributed by atoms with van der Waals surface area (Å²) in [6.07, 6.45) is 0. The summed E-state index contributed by atoms with van der Waals surface area (Å²) in [6, 6.07) is 26.5. The number of thiazole rings is 1. The molecule has 0 aliphatic heterocycles. The molecule has 0 radical (unpaired) electrons. The van der Waals surface area contributed by atoms with Crippen molar-refractivity contribution >= 4 is 17.0 Å². The molecule has 122 valence electrons. The first-order valence-electron chi connectivity index (χ1n) is 7.93. The Bertz CT molecular complexity index is 1030. The quantitative estimate of drug-likeness (QED) is 0.461. The van der Waals surface area contributed by atoms with Gasteiger partial charge in [0.1, 0.15) is 5.82 Å². The molecule has 2 nitrogen and oxygen atoms in total. The van der Waals surface area contributed by atoms with Crippen molar-refractivity contribution in [2.45, 2.75) is 0 Å². The molecule has 4 aromatic rings. The maximum Gasteiger partial charge on any atom is 0.195 e. The molecule has 0 aliphatic rings. The van der Waals surface area contributed by atoms with Gasteiger partial charge in [-0.25, -0.2) is 9.38 Å². The van der Waals surface area contributed by atoms with Crippen LogP contribution in [-0.4, -0.2) is 4.57 Å². The SMILES string of the molecule is Fc1ccc(-c2csc(=Nc3ccccc3)n2-c2ccccc2)cc1. The molecule has 1 heterocycles. The van der Waals surface area contributed by atoms with Gasteiger partial charge in [0.05, 0.1) is 11.4 Å². The van der Waals surface area contributed by atoms with Crippen molar-refractivity contribution in [3.05, 3.63) is 101 Å². The number of rotatable bonds is 3. The largest absolute Gasteiger partial charge is 0.285 e. The lowest BCUT2D eigenvalue weighted by Crippen LogP contribution is -2.13. The lowest BCUT2D eigenvalue weighted by molar-refractivity contribution is 0.628. The summed E-state index contributed by atoms with van der Waals surface area (Å²) >= 11 is 1.57. The fourth-order valence-corrected chi connectivity index (χ4v) is 3.58. The first-order chi connectivity index (χ1) is 12.3. The van der Waals surface area contributed by atoms with E-state index in [0.717, 1.165) is 27.4 Å². The zero-order chi connectivity index (χ0) is 17.1. The van der Waals surface area contributed by atoms with Crippen LogP contribution in [0, 0.1) is 5.82 Å². The summed E-state index contributed by atoms with van der Waals surface area (Å²) in [4.78, 5) is 5.66. The van der Waals surface area contributed by atoms with Crippen molar-refractivity contribution in [2.24, 2.45) is 4.99 Å². The highest BCUT2D eigenvalue weighted by Crippen LogP contribution is 2.24. The molecule has 0 bridgehead atoms. The molecule has 3 aromatic carbocycles. The van der Waals surface area contributed by atoms with E-state index in [1.165, 1.54) is 12.1 Å². The number of para-hydroxylation sites is 2. The molecule has 0 saturated carbocycles. The van der Waals surface area contributed by atoms with Gasteiger partial charge in [-0.2, -0.15) is 0 Å². The second-order valence-electron chi connectivity index (χ2n) is 5.53. The normalized spacial score (nSPS) is 11.6. The fraction of sp³-hybridized carbons (Fsp3) is 0. The highest BCUT2D eigenvalue weighted by Gasteiger charge is 2.10. The summed E-state index contributed by atoms with van der Waals surface area (Å²) in [5.41, 5.74) is 3.87. The average molecular weight is 346 g/mol. The van der Waals surface area contributed by atoms with Crippen LogP contribution in [0.5, 0.6) is 0 Å². The molecule has 0 spiro atoms. The molecular formula is C21H15FN2S. The van der Waals surface area contributed by atoms with Gasteiger partial charge in [0.15, 0.2) is 4.80 Å². The molecule has 0 aliphatic carbocycles. The molecule has 0 saturated heterocycles. The van der Waals surface area contributed by atoms with Crippen LogP contribution in [0.3, 0.4) is 0 Å². The highest BCUT2D eigenvalue weighted by atomic mass is 32.1. The van der Waals surface area contributed by atoms with Crippen molar-refractivity contribution < 1.29 is 4.39 Å². The second kappa shape index (κ2) is 6.87. The summed E-state index contributed by atoms with van der Waals surface area (Å²) in [6.45, 7) is 0. The van der Waals surface area contributed by atoms with Crippen LogP contribution in [0.4, 0.5) is 10.1 Å². The first kappa shape index (κ1) is 15.5. The number of aromatic nitrogens is 1. The van der Waals surface area contributed by atoms with Crippen LogP contribution in [0.2, 0.25) is 0 Å². The van der Waals surface area contributed by atoms with E-state index >= 15 is 0 Å². The van der Waals surface area contributed by atoms with Crippen LogP contribution in [0.25, 0.3) is 16.9 Å². The van der Waals surface area contributed by atoms with E-state index in [0.29, 0.717) is 0 Å². The molecule has 25 heavy (non-hydrogen) atoms. The molecule has 1 aromatic heterocycles. The van der Waals surface area contributed by atoms with Gasteiger partial charge in [-0.15, -0.1) is 11.3 Å². The van der Waals surface area contributed by atoms with Crippen LogP contribution < -0.4 is 4.80 Å². The molecule has 0 amide bonds. The minimum absolute atomic E-state index is 0.237. The predicted octanol–water partition coefficient (Wildman–Crippen LogP) is 5.58. The molecule has 0 fully saturated rings. The smallest absolute Gasteiger partial charge is 0.195 e. The Kier molecular flexibility index (Phi) is 4.27. The van der Waals surface area contributed by atoms with E-state index in [4.69, 9.17) is 4.99 Å². The fourth-order valence-electron chi connectivity index (χ4n) is 2.65. The highest BCUT2D eigenvalue weighted by molar-refractivity contribution is 7.07.